The van der Waals surface area contributed by atoms with Gasteiger partial charge in [0.05, 0.1) is 6.61 Å². The minimum absolute atomic E-state index is 0.290. The molecular weight excluding hydrogens is 204 g/mol. The molecule has 3 nitrogen and oxygen atoms in total. The van der Waals surface area contributed by atoms with Gasteiger partial charge in [-0.2, -0.15) is 0 Å². The van der Waals surface area contributed by atoms with Crippen molar-refractivity contribution in [3.63, 3.8) is 0 Å². The summed E-state index contributed by atoms with van der Waals surface area (Å²) in [5.74, 6) is -2.71. The molecule has 1 atom stereocenters. The van der Waals surface area contributed by atoms with Crippen molar-refractivity contribution in [3.05, 3.63) is 35.4 Å². The molecule has 0 aliphatic heterocycles. The van der Waals surface area contributed by atoms with Crippen LogP contribution in [0.1, 0.15) is 17.3 Å². The maximum Gasteiger partial charge on any atom is 0.257 e. The zero-order chi connectivity index (χ0) is 11.4. The number of amides is 1. The Morgan fingerprint density at radius 1 is 1.47 bits per heavy atom. The molecule has 0 radical (unpaired) electrons. The number of aliphatic hydroxyl groups is 1. The van der Waals surface area contributed by atoms with Gasteiger partial charge in [0.1, 0.15) is 17.2 Å². The fraction of sp³-hybridized carbons (Fsp3) is 0.300. The van der Waals surface area contributed by atoms with Crippen LogP contribution in [0.3, 0.4) is 0 Å². The molecule has 0 bridgehead atoms. The lowest BCUT2D eigenvalue weighted by Gasteiger charge is -2.11. The van der Waals surface area contributed by atoms with Gasteiger partial charge >= 0.3 is 0 Å². The van der Waals surface area contributed by atoms with Gasteiger partial charge in [0.2, 0.25) is 0 Å². The number of carbonyl (C=O) groups excluding carboxylic acids is 1. The van der Waals surface area contributed by atoms with E-state index in [-0.39, 0.29) is 6.61 Å². The Morgan fingerprint density at radius 2 is 2.00 bits per heavy atom. The summed E-state index contributed by atoms with van der Waals surface area (Å²) in [5.41, 5.74) is -0.627. The summed E-state index contributed by atoms with van der Waals surface area (Å²) < 4.78 is 26.2. The Bertz CT molecular complexity index is 348. The molecule has 1 aromatic carbocycles. The predicted octanol–water partition coefficient (Wildman–Crippen LogP) is 1.08. The standard InChI is InChI=1S/C10H11F2NO2/c1-6(5-14)13-10(15)9-7(11)3-2-4-8(9)12/h2-4,6,14H,5H2,1H3,(H,13,15). The van der Waals surface area contributed by atoms with Gasteiger partial charge < -0.3 is 10.4 Å². The van der Waals surface area contributed by atoms with E-state index < -0.39 is 29.1 Å². The highest BCUT2D eigenvalue weighted by Gasteiger charge is 2.17. The van der Waals surface area contributed by atoms with Crippen LogP contribution in [0.4, 0.5) is 8.78 Å². The second kappa shape index (κ2) is 4.84. The third-order valence-corrected chi connectivity index (χ3v) is 1.84. The van der Waals surface area contributed by atoms with Crippen molar-refractivity contribution in [1.82, 2.24) is 5.32 Å². The summed E-state index contributed by atoms with van der Waals surface area (Å²) in [6.45, 7) is 1.23. The summed E-state index contributed by atoms with van der Waals surface area (Å²) in [7, 11) is 0. The van der Waals surface area contributed by atoms with Gasteiger partial charge in [0.15, 0.2) is 0 Å². The minimum atomic E-state index is -0.919. The second-order valence-corrected chi connectivity index (χ2v) is 3.15. The quantitative estimate of drug-likeness (QED) is 0.792. The second-order valence-electron chi connectivity index (χ2n) is 3.15. The Labute approximate surface area is 85.7 Å². The van der Waals surface area contributed by atoms with E-state index in [9.17, 15) is 13.6 Å². The summed E-state index contributed by atoms with van der Waals surface area (Å²) in [5, 5.41) is 10.9. The van der Waals surface area contributed by atoms with Crippen molar-refractivity contribution in [2.24, 2.45) is 0 Å². The number of halogens is 2. The molecule has 0 aliphatic carbocycles. The van der Waals surface area contributed by atoms with E-state index in [1.165, 1.54) is 13.0 Å². The maximum absolute atomic E-state index is 13.1. The molecule has 1 unspecified atom stereocenters. The zero-order valence-corrected chi connectivity index (χ0v) is 8.13. The van der Waals surface area contributed by atoms with E-state index in [0.717, 1.165) is 12.1 Å². The summed E-state index contributed by atoms with van der Waals surface area (Å²) >= 11 is 0. The number of hydrogen-bond acceptors (Lipinski definition) is 2. The fourth-order valence-corrected chi connectivity index (χ4v) is 1.06. The van der Waals surface area contributed by atoms with Crippen LogP contribution in [0.2, 0.25) is 0 Å². The van der Waals surface area contributed by atoms with Crippen LogP contribution in [0.25, 0.3) is 0 Å². The first-order chi connectivity index (χ1) is 7.06. The molecule has 0 aliphatic rings. The SMILES string of the molecule is CC(CO)NC(=O)c1c(F)cccc1F. The van der Waals surface area contributed by atoms with Crippen molar-refractivity contribution in [2.75, 3.05) is 6.61 Å². The highest BCUT2D eigenvalue weighted by Crippen LogP contribution is 2.11. The highest BCUT2D eigenvalue weighted by atomic mass is 19.1. The summed E-state index contributed by atoms with van der Waals surface area (Å²) in [6, 6.07) is 2.64. The van der Waals surface area contributed by atoms with Crippen molar-refractivity contribution < 1.29 is 18.7 Å². The fourth-order valence-electron chi connectivity index (χ4n) is 1.06. The van der Waals surface area contributed by atoms with Gasteiger partial charge in [-0.3, -0.25) is 4.79 Å². The lowest BCUT2D eigenvalue weighted by Crippen LogP contribution is -2.36. The number of aliphatic hydroxyl groups excluding tert-OH is 1. The van der Waals surface area contributed by atoms with Crippen molar-refractivity contribution >= 4 is 5.91 Å². The van der Waals surface area contributed by atoms with E-state index in [0.29, 0.717) is 0 Å². The van der Waals surface area contributed by atoms with E-state index in [2.05, 4.69) is 5.32 Å². The number of nitrogens with one attached hydrogen (secondary N) is 1. The molecule has 0 saturated heterocycles. The van der Waals surface area contributed by atoms with Crippen LogP contribution in [0, 0.1) is 11.6 Å². The Hall–Kier alpha value is -1.49. The Morgan fingerprint density at radius 3 is 2.47 bits per heavy atom. The average Bonchev–Trinajstić information content (AvgIpc) is 2.17. The smallest absolute Gasteiger partial charge is 0.257 e. The summed E-state index contributed by atoms with van der Waals surface area (Å²) in [6.07, 6.45) is 0. The van der Waals surface area contributed by atoms with E-state index in [1.807, 2.05) is 0 Å². The van der Waals surface area contributed by atoms with Gasteiger partial charge in [0.25, 0.3) is 5.91 Å². The molecule has 0 fully saturated rings. The molecule has 5 heteroatoms. The third kappa shape index (κ3) is 2.73. The van der Waals surface area contributed by atoms with Gasteiger partial charge in [-0.15, -0.1) is 0 Å². The van der Waals surface area contributed by atoms with Gasteiger partial charge in [0, 0.05) is 6.04 Å². The van der Waals surface area contributed by atoms with Crippen molar-refractivity contribution in [3.8, 4) is 0 Å². The van der Waals surface area contributed by atoms with E-state index in [1.54, 1.807) is 0 Å². The molecule has 1 aromatic rings. The molecule has 0 spiro atoms. The van der Waals surface area contributed by atoms with Crippen LogP contribution < -0.4 is 5.32 Å². The first kappa shape index (κ1) is 11.6. The molecule has 2 N–H and O–H groups in total. The van der Waals surface area contributed by atoms with Crippen LogP contribution in [0.5, 0.6) is 0 Å². The molecule has 0 saturated carbocycles. The van der Waals surface area contributed by atoms with E-state index in [4.69, 9.17) is 5.11 Å². The zero-order valence-electron chi connectivity index (χ0n) is 8.13. The predicted molar refractivity (Wildman–Crippen MR) is 50.4 cm³/mol. The van der Waals surface area contributed by atoms with Crippen LogP contribution in [-0.2, 0) is 0 Å². The van der Waals surface area contributed by atoms with Crippen molar-refractivity contribution in [2.45, 2.75) is 13.0 Å². The lowest BCUT2D eigenvalue weighted by molar-refractivity contribution is 0.0913. The average molecular weight is 215 g/mol. The Balaban J connectivity index is 2.91. The van der Waals surface area contributed by atoms with Gasteiger partial charge in [-0.25, -0.2) is 8.78 Å². The molecule has 82 valence electrons. The number of hydrogen-bond donors (Lipinski definition) is 2. The topological polar surface area (TPSA) is 49.3 Å². The molecule has 1 rings (SSSR count). The molecule has 15 heavy (non-hydrogen) atoms. The minimum Gasteiger partial charge on any atom is -0.394 e. The number of benzene rings is 1. The summed E-state index contributed by atoms with van der Waals surface area (Å²) in [4.78, 5) is 11.4. The normalized spacial score (nSPS) is 12.3. The highest BCUT2D eigenvalue weighted by molar-refractivity contribution is 5.94. The van der Waals surface area contributed by atoms with Gasteiger partial charge in [-0.1, -0.05) is 6.07 Å². The monoisotopic (exact) mass is 215 g/mol. The first-order valence-electron chi connectivity index (χ1n) is 4.42. The van der Waals surface area contributed by atoms with E-state index >= 15 is 0 Å². The van der Waals surface area contributed by atoms with Crippen LogP contribution >= 0.6 is 0 Å². The molecule has 1 amide bonds. The van der Waals surface area contributed by atoms with Crippen LogP contribution in [0.15, 0.2) is 18.2 Å². The molecular formula is C10H11F2NO2. The van der Waals surface area contributed by atoms with Crippen molar-refractivity contribution in [1.29, 1.82) is 0 Å². The number of carbonyl (C=O) groups is 1. The first-order valence-corrected chi connectivity index (χ1v) is 4.42. The Kier molecular flexibility index (Phi) is 3.74. The van der Waals surface area contributed by atoms with Gasteiger partial charge in [-0.05, 0) is 19.1 Å². The third-order valence-electron chi connectivity index (χ3n) is 1.84. The lowest BCUT2D eigenvalue weighted by atomic mass is 10.1. The molecule has 0 aromatic heterocycles. The molecule has 0 heterocycles. The maximum atomic E-state index is 13.1. The number of rotatable bonds is 3. The largest absolute Gasteiger partial charge is 0.394 e. The van der Waals surface area contributed by atoms with Crippen LogP contribution in [-0.4, -0.2) is 23.7 Å².